The highest BCUT2D eigenvalue weighted by molar-refractivity contribution is 7.89. The van der Waals surface area contributed by atoms with Gasteiger partial charge in [-0.3, -0.25) is 4.79 Å². The summed E-state index contributed by atoms with van der Waals surface area (Å²) in [4.78, 5) is 12.4. The van der Waals surface area contributed by atoms with Crippen LogP contribution in [0.3, 0.4) is 0 Å². The molecule has 2 aliphatic heterocycles. The van der Waals surface area contributed by atoms with Crippen LogP contribution >= 0.6 is 0 Å². The zero-order chi connectivity index (χ0) is 19.3. The number of hydrogen-bond donors (Lipinski definition) is 2. The normalized spacial score (nSPS) is 21.3. The molecule has 8 nitrogen and oxygen atoms in total. The predicted molar refractivity (Wildman–Crippen MR) is 101 cm³/mol. The first-order chi connectivity index (χ1) is 13.0. The van der Waals surface area contributed by atoms with E-state index in [4.69, 9.17) is 9.47 Å². The first-order valence-corrected chi connectivity index (χ1v) is 10.7. The number of hydrogen-bond acceptors (Lipinski definition) is 6. The summed E-state index contributed by atoms with van der Waals surface area (Å²) in [6.07, 6.45) is 2.23. The highest BCUT2D eigenvalue weighted by atomic mass is 32.2. The maximum atomic E-state index is 12.8. The number of rotatable bonds is 7. The molecule has 0 spiro atoms. The van der Waals surface area contributed by atoms with Crippen LogP contribution in [0.4, 0.5) is 5.69 Å². The van der Waals surface area contributed by atoms with E-state index in [9.17, 15) is 13.2 Å². The lowest BCUT2D eigenvalue weighted by Gasteiger charge is -2.26. The van der Waals surface area contributed by atoms with Gasteiger partial charge in [0.2, 0.25) is 15.9 Å². The van der Waals surface area contributed by atoms with Crippen molar-refractivity contribution in [3.8, 4) is 0 Å². The Morgan fingerprint density at radius 2 is 2.04 bits per heavy atom. The van der Waals surface area contributed by atoms with Crippen LogP contribution in [0.15, 0.2) is 23.1 Å². The van der Waals surface area contributed by atoms with Crippen LogP contribution in [0, 0.1) is 6.92 Å². The van der Waals surface area contributed by atoms with Crippen LogP contribution < -0.4 is 10.6 Å². The predicted octanol–water partition coefficient (Wildman–Crippen LogP) is 0.723. The second-order valence-corrected chi connectivity index (χ2v) is 8.75. The fourth-order valence-corrected chi connectivity index (χ4v) is 4.61. The molecule has 2 N–H and O–H groups in total. The Balaban J connectivity index is 1.61. The first-order valence-electron chi connectivity index (χ1n) is 9.27. The minimum atomic E-state index is -3.60. The minimum Gasteiger partial charge on any atom is -0.379 e. The number of carbonyl (C=O) groups excluding carboxylic acids is 1. The fourth-order valence-electron chi connectivity index (χ4n) is 3.18. The van der Waals surface area contributed by atoms with Gasteiger partial charge in [-0.15, -0.1) is 0 Å². The molecule has 0 bridgehead atoms. The van der Waals surface area contributed by atoms with Crippen molar-refractivity contribution >= 4 is 21.6 Å². The van der Waals surface area contributed by atoms with Crippen molar-refractivity contribution in [2.24, 2.45) is 0 Å². The van der Waals surface area contributed by atoms with Gasteiger partial charge in [-0.1, -0.05) is 6.07 Å². The lowest BCUT2D eigenvalue weighted by molar-refractivity contribution is -0.115. The number of nitrogens with one attached hydrogen (secondary N) is 2. The third-order valence-electron chi connectivity index (χ3n) is 4.77. The summed E-state index contributed by atoms with van der Waals surface area (Å²) < 4.78 is 37.7. The quantitative estimate of drug-likeness (QED) is 0.704. The van der Waals surface area contributed by atoms with E-state index in [0.717, 1.165) is 25.0 Å². The number of amides is 1. The van der Waals surface area contributed by atoms with Crippen molar-refractivity contribution in [2.75, 3.05) is 51.3 Å². The standard InChI is InChI=1S/C18H27N3O5S/c1-14-4-5-16(27(23,24)21-6-9-25-10-7-21)11-17(14)20-18(22)13-19-12-15-3-2-8-26-15/h4-5,11,15,19H,2-3,6-10,12-13H2,1H3,(H,20,22). The van der Waals surface area contributed by atoms with Crippen LogP contribution in [0.1, 0.15) is 18.4 Å². The van der Waals surface area contributed by atoms with Gasteiger partial charge in [0.15, 0.2) is 0 Å². The molecule has 2 saturated heterocycles. The molecule has 1 aromatic rings. The molecule has 2 aliphatic rings. The van der Waals surface area contributed by atoms with Crippen LogP contribution in [0.2, 0.25) is 0 Å². The molecule has 0 aliphatic carbocycles. The number of morpholine rings is 1. The number of benzene rings is 1. The molecule has 1 atom stereocenters. The molecule has 1 aromatic carbocycles. The summed E-state index contributed by atoms with van der Waals surface area (Å²) in [5.74, 6) is -0.211. The van der Waals surface area contributed by atoms with Gasteiger partial charge in [0.25, 0.3) is 0 Å². The lowest BCUT2D eigenvalue weighted by Crippen LogP contribution is -2.40. The Morgan fingerprint density at radius 1 is 1.26 bits per heavy atom. The van der Waals surface area contributed by atoms with E-state index in [1.165, 1.54) is 10.4 Å². The molecule has 2 heterocycles. The molecule has 3 rings (SSSR count). The maximum Gasteiger partial charge on any atom is 0.243 e. The van der Waals surface area contributed by atoms with E-state index in [1.807, 2.05) is 6.92 Å². The molecule has 1 amide bonds. The number of nitrogens with zero attached hydrogens (tertiary/aromatic N) is 1. The molecular weight excluding hydrogens is 370 g/mol. The van der Waals surface area contributed by atoms with Crippen molar-refractivity contribution < 1.29 is 22.7 Å². The molecule has 1 unspecified atom stereocenters. The van der Waals surface area contributed by atoms with Crippen molar-refractivity contribution in [1.29, 1.82) is 0 Å². The highest BCUT2D eigenvalue weighted by Gasteiger charge is 2.27. The number of ether oxygens (including phenoxy) is 2. The second kappa shape index (κ2) is 9.11. The molecule has 150 valence electrons. The largest absolute Gasteiger partial charge is 0.379 e. The summed E-state index contributed by atoms with van der Waals surface area (Å²) >= 11 is 0. The van der Waals surface area contributed by atoms with Gasteiger partial charge in [-0.25, -0.2) is 8.42 Å². The van der Waals surface area contributed by atoms with Crippen LogP contribution in [-0.4, -0.2) is 70.7 Å². The summed E-state index contributed by atoms with van der Waals surface area (Å²) in [5.41, 5.74) is 1.32. The third kappa shape index (κ3) is 5.26. The number of sulfonamides is 1. The fraction of sp³-hybridized carbons (Fsp3) is 0.611. The first kappa shape index (κ1) is 20.2. The van der Waals surface area contributed by atoms with Gasteiger partial charge in [0, 0.05) is 31.9 Å². The van der Waals surface area contributed by atoms with Crippen molar-refractivity contribution in [3.05, 3.63) is 23.8 Å². The van der Waals surface area contributed by atoms with Gasteiger partial charge < -0.3 is 20.1 Å². The zero-order valence-corrected chi connectivity index (χ0v) is 16.4. The van der Waals surface area contributed by atoms with Gasteiger partial charge in [0.05, 0.1) is 30.8 Å². The Morgan fingerprint density at radius 3 is 2.74 bits per heavy atom. The summed E-state index contributed by atoms with van der Waals surface area (Å²) in [6, 6.07) is 4.81. The number of carbonyl (C=O) groups is 1. The van der Waals surface area contributed by atoms with E-state index in [-0.39, 0.29) is 23.5 Å². The topological polar surface area (TPSA) is 97.0 Å². The van der Waals surface area contributed by atoms with E-state index < -0.39 is 10.0 Å². The second-order valence-electron chi connectivity index (χ2n) is 6.81. The van der Waals surface area contributed by atoms with E-state index in [2.05, 4.69) is 10.6 Å². The average molecular weight is 397 g/mol. The van der Waals surface area contributed by atoms with Crippen molar-refractivity contribution in [3.63, 3.8) is 0 Å². The summed E-state index contributed by atoms with van der Waals surface area (Å²) in [7, 11) is -3.60. The molecule has 0 saturated carbocycles. The Labute approximate surface area is 160 Å². The molecule has 0 aromatic heterocycles. The Hall–Kier alpha value is -1.52. The third-order valence-corrected chi connectivity index (χ3v) is 6.67. The average Bonchev–Trinajstić information content (AvgIpc) is 3.17. The minimum absolute atomic E-state index is 0.153. The van der Waals surface area contributed by atoms with Crippen LogP contribution in [0.25, 0.3) is 0 Å². The highest BCUT2D eigenvalue weighted by Crippen LogP contribution is 2.23. The van der Waals surface area contributed by atoms with Crippen LogP contribution in [-0.2, 0) is 24.3 Å². The monoisotopic (exact) mass is 397 g/mol. The van der Waals surface area contributed by atoms with E-state index in [0.29, 0.717) is 38.5 Å². The Bertz CT molecular complexity index is 756. The molecule has 0 radical (unpaired) electrons. The van der Waals surface area contributed by atoms with Crippen LogP contribution in [0.5, 0.6) is 0 Å². The lowest BCUT2D eigenvalue weighted by atomic mass is 10.2. The van der Waals surface area contributed by atoms with Crippen molar-refractivity contribution in [1.82, 2.24) is 9.62 Å². The molecule has 2 fully saturated rings. The number of aryl methyl sites for hydroxylation is 1. The van der Waals surface area contributed by atoms with Crippen molar-refractivity contribution in [2.45, 2.75) is 30.8 Å². The zero-order valence-electron chi connectivity index (χ0n) is 15.6. The van der Waals surface area contributed by atoms with Gasteiger partial charge >= 0.3 is 0 Å². The van der Waals surface area contributed by atoms with E-state index >= 15 is 0 Å². The van der Waals surface area contributed by atoms with Gasteiger partial charge in [-0.2, -0.15) is 4.31 Å². The summed E-state index contributed by atoms with van der Waals surface area (Å²) in [6.45, 7) is 4.87. The van der Waals surface area contributed by atoms with Gasteiger partial charge in [0.1, 0.15) is 0 Å². The van der Waals surface area contributed by atoms with Gasteiger partial charge in [-0.05, 0) is 37.5 Å². The van der Waals surface area contributed by atoms with E-state index in [1.54, 1.807) is 12.1 Å². The molecule has 27 heavy (non-hydrogen) atoms. The SMILES string of the molecule is Cc1ccc(S(=O)(=O)N2CCOCC2)cc1NC(=O)CNCC1CCCO1. The molecular formula is C18H27N3O5S. The summed E-state index contributed by atoms with van der Waals surface area (Å²) in [5, 5.41) is 5.89. The smallest absolute Gasteiger partial charge is 0.243 e. The Kier molecular flexibility index (Phi) is 6.83. The molecule has 9 heteroatoms. The number of anilines is 1. The maximum absolute atomic E-state index is 12.8.